The zero-order valence-corrected chi connectivity index (χ0v) is 18.8. The van der Waals surface area contributed by atoms with Crippen LogP contribution in [0.25, 0.3) is 5.69 Å². The second-order valence-electron chi connectivity index (χ2n) is 8.07. The molecule has 2 heterocycles. The Morgan fingerprint density at radius 1 is 1.09 bits per heavy atom. The summed E-state index contributed by atoms with van der Waals surface area (Å²) in [5.74, 6) is -0.382. The first kappa shape index (κ1) is 22.6. The topological polar surface area (TPSA) is 109 Å². The number of carbonyl (C=O) groups excluding carboxylic acids is 1. The Balaban J connectivity index is 1.40. The molecular weight excluding hydrogens is 422 g/mol. The van der Waals surface area contributed by atoms with Crippen LogP contribution in [-0.4, -0.2) is 68.3 Å². The van der Waals surface area contributed by atoms with Crippen molar-refractivity contribution in [3.8, 4) is 5.69 Å². The number of piperazine rings is 1. The fraction of sp³-hybridized carbons (Fsp3) is 0.348. The van der Waals surface area contributed by atoms with Gasteiger partial charge in [-0.3, -0.25) is 19.8 Å². The summed E-state index contributed by atoms with van der Waals surface area (Å²) in [6.45, 7) is 10.2. The highest BCUT2D eigenvalue weighted by molar-refractivity contribution is 6.03. The number of hydrogen-bond donors (Lipinski definition) is 1. The molecule has 1 aliphatic rings. The zero-order valence-electron chi connectivity index (χ0n) is 18.8. The number of nitro benzene ring substituents is 1. The standard InChI is InChI=1S/C23H27N7O3/c1-3-27-11-13-28(14-12-27)16-18-7-9-19(10-8-18)24-23(31)22-17(2)29(26-25-22)20-5-4-6-21(15-20)30(32)33/h4-10,15H,3,11-14,16H2,1-2H3,(H,24,31). The molecule has 1 saturated heterocycles. The summed E-state index contributed by atoms with van der Waals surface area (Å²) in [6, 6.07) is 13.9. The van der Waals surface area contributed by atoms with Crippen LogP contribution >= 0.6 is 0 Å². The predicted molar refractivity (Wildman–Crippen MR) is 125 cm³/mol. The van der Waals surface area contributed by atoms with E-state index in [1.165, 1.54) is 22.4 Å². The van der Waals surface area contributed by atoms with Crippen LogP contribution in [0.1, 0.15) is 28.7 Å². The maximum atomic E-state index is 12.8. The molecule has 1 aromatic heterocycles. The Kier molecular flexibility index (Phi) is 6.76. The van der Waals surface area contributed by atoms with Crippen LogP contribution in [0.5, 0.6) is 0 Å². The number of rotatable bonds is 7. The monoisotopic (exact) mass is 449 g/mol. The molecule has 0 atom stereocenters. The second-order valence-corrected chi connectivity index (χ2v) is 8.07. The highest BCUT2D eigenvalue weighted by atomic mass is 16.6. The molecule has 1 amide bonds. The van der Waals surface area contributed by atoms with Gasteiger partial charge in [-0.1, -0.05) is 30.3 Å². The molecule has 1 N–H and O–H groups in total. The van der Waals surface area contributed by atoms with Crippen LogP contribution in [0.4, 0.5) is 11.4 Å². The van der Waals surface area contributed by atoms with Crippen molar-refractivity contribution in [2.24, 2.45) is 0 Å². The van der Waals surface area contributed by atoms with E-state index in [-0.39, 0.29) is 17.3 Å². The van der Waals surface area contributed by atoms with Crippen molar-refractivity contribution < 1.29 is 9.72 Å². The summed E-state index contributed by atoms with van der Waals surface area (Å²) >= 11 is 0. The molecule has 0 saturated carbocycles. The smallest absolute Gasteiger partial charge is 0.278 e. The van der Waals surface area contributed by atoms with Crippen molar-refractivity contribution in [1.29, 1.82) is 0 Å². The third kappa shape index (κ3) is 5.24. The quantitative estimate of drug-likeness (QED) is 0.436. The Morgan fingerprint density at radius 2 is 1.79 bits per heavy atom. The van der Waals surface area contributed by atoms with Gasteiger partial charge in [-0.15, -0.1) is 5.10 Å². The van der Waals surface area contributed by atoms with Gasteiger partial charge in [0.1, 0.15) is 0 Å². The van der Waals surface area contributed by atoms with E-state index in [2.05, 4.69) is 32.4 Å². The van der Waals surface area contributed by atoms with Crippen molar-refractivity contribution >= 4 is 17.3 Å². The fourth-order valence-corrected chi connectivity index (χ4v) is 3.93. The number of hydrogen-bond acceptors (Lipinski definition) is 7. The minimum absolute atomic E-state index is 0.0549. The van der Waals surface area contributed by atoms with Crippen LogP contribution in [0.3, 0.4) is 0 Å². The van der Waals surface area contributed by atoms with Crippen molar-refractivity contribution in [3.05, 3.63) is 75.6 Å². The predicted octanol–water partition coefficient (Wildman–Crippen LogP) is 2.87. The van der Waals surface area contributed by atoms with Gasteiger partial charge in [0.2, 0.25) is 0 Å². The molecule has 10 nitrogen and oxygen atoms in total. The number of nitrogens with zero attached hydrogens (tertiary/aromatic N) is 6. The van der Waals surface area contributed by atoms with Crippen LogP contribution in [0.15, 0.2) is 48.5 Å². The van der Waals surface area contributed by atoms with Gasteiger partial charge in [0.25, 0.3) is 11.6 Å². The lowest BCUT2D eigenvalue weighted by atomic mass is 10.1. The van der Waals surface area contributed by atoms with Crippen molar-refractivity contribution in [1.82, 2.24) is 24.8 Å². The lowest BCUT2D eigenvalue weighted by Gasteiger charge is -2.34. The van der Waals surface area contributed by atoms with Crippen LogP contribution in [-0.2, 0) is 6.54 Å². The van der Waals surface area contributed by atoms with Gasteiger partial charge in [0.15, 0.2) is 5.69 Å². The highest BCUT2D eigenvalue weighted by Crippen LogP contribution is 2.19. The van der Waals surface area contributed by atoms with Gasteiger partial charge in [0.05, 0.1) is 16.3 Å². The summed E-state index contributed by atoms with van der Waals surface area (Å²) in [4.78, 5) is 28.2. The minimum atomic E-state index is -0.474. The Bertz CT molecular complexity index is 1140. The molecule has 10 heteroatoms. The third-order valence-corrected chi connectivity index (χ3v) is 5.92. The van der Waals surface area contributed by atoms with Gasteiger partial charge in [-0.05, 0) is 37.2 Å². The van der Waals surface area contributed by atoms with E-state index < -0.39 is 4.92 Å². The Labute approximate surface area is 192 Å². The minimum Gasteiger partial charge on any atom is -0.321 e. The van der Waals surface area contributed by atoms with Crippen LogP contribution in [0, 0.1) is 17.0 Å². The highest BCUT2D eigenvalue weighted by Gasteiger charge is 2.19. The molecule has 2 aromatic carbocycles. The number of aromatic nitrogens is 3. The van der Waals surface area contributed by atoms with E-state index >= 15 is 0 Å². The van der Waals surface area contributed by atoms with E-state index in [9.17, 15) is 14.9 Å². The number of carbonyl (C=O) groups is 1. The summed E-state index contributed by atoms with van der Waals surface area (Å²) < 4.78 is 1.42. The first-order valence-electron chi connectivity index (χ1n) is 11.0. The number of amides is 1. The molecule has 1 aliphatic heterocycles. The van der Waals surface area contributed by atoms with Crippen LogP contribution < -0.4 is 5.32 Å². The number of anilines is 1. The number of benzene rings is 2. The van der Waals surface area contributed by atoms with Gasteiger partial charge in [0, 0.05) is 50.5 Å². The number of nitro groups is 1. The molecule has 3 aromatic rings. The molecule has 0 spiro atoms. The molecule has 0 unspecified atom stereocenters. The molecule has 1 fully saturated rings. The molecule has 0 radical (unpaired) electrons. The molecule has 172 valence electrons. The third-order valence-electron chi connectivity index (χ3n) is 5.92. The lowest BCUT2D eigenvalue weighted by molar-refractivity contribution is -0.384. The summed E-state index contributed by atoms with van der Waals surface area (Å²) in [7, 11) is 0. The van der Waals surface area contributed by atoms with E-state index in [4.69, 9.17) is 0 Å². The first-order valence-corrected chi connectivity index (χ1v) is 11.0. The SMILES string of the molecule is CCN1CCN(Cc2ccc(NC(=O)c3nnn(-c4cccc([N+](=O)[O-])c4)c3C)cc2)CC1. The summed E-state index contributed by atoms with van der Waals surface area (Å²) in [5, 5.41) is 21.9. The van der Waals surface area contributed by atoms with Crippen molar-refractivity contribution in [3.63, 3.8) is 0 Å². The fourth-order valence-electron chi connectivity index (χ4n) is 3.93. The maximum Gasteiger partial charge on any atom is 0.278 e. The van der Waals surface area contributed by atoms with E-state index in [0.717, 1.165) is 39.3 Å². The van der Waals surface area contributed by atoms with Crippen molar-refractivity contribution in [2.45, 2.75) is 20.4 Å². The first-order chi connectivity index (χ1) is 15.9. The van der Waals surface area contributed by atoms with Gasteiger partial charge >= 0.3 is 0 Å². The van der Waals surface area contributed by atoms with Gasteiger partial charge in [-0.2, -0.15) is 0 Å². The number of non-ortho nitro benzene ring substituents is 1. The average Bonchev–Trinajstić information content (AvgIpc) is 3.22. The van der Waals surface area contributed by atoms with Crippen molar-refractivity contribution in [2.75, 3.05) is 38.0 Å². The molecule has 4 rings (SSSR count). The van der Waals surface area contributed by atoms with Gasteiger partial charge in [-0.25, -0.2) is 4.68 Å². The Hall–Kier alpha value is -3.63. The normalized spacial score (nSPS) is 14.8. The Morgan fingerprint density at radius 3 is 2.45 bits per heavy atom. The molecular formula is C23H27N7O3. The zero-order chi connectivity index (χ0) is 23.4. The second kappa shape index (κ2) is 9.88. The maximum absolute atomic E-state index is 12.8. The number of nitrogens with one attached hydrogen (secondary N) is 1. The summed E-state index contributed by atoms with van der Waals surface area (Å²) in [5.41, 5.74) is 2.95. The average molecular weight is 450 g/mol. The largest absolute Gasteiger partial charge is 0.321 e. The molecule has 0 bridgehead atoms. The van der Waals surface area contributed by atoms with Gasteiger partial charge < -0.3 is 10.2 Å². The molecule has 0 aliphatic carbocycles. The van der Waals surface area contributed by atoms with E-state index in [1.54, 1.807) is 19.1 Å². The van der Waals surface area contributed by atoms with Crippen LogP contribution in [0.2, 0.25) is 0 Å². The molecule has 33 heavy (non-hydrogen) atoms. The van der Waals surface area contributed by atoms with E-state index in [0.29, 0.717) is 17.1 Å². The lowest BCUT2D eigenvalue weighted by Crippen LogP contribution is -2.45. The summed E-state index contributed by atoms with van der Waals surface area (Å²) in [6.07, 6.45) is 0. The number of likely N-dealkylation sites (N-methyl/N-ethyl adjacent to an activating group) is 1. The van der Waals surface area contributed by atoms with E-state index in [1.807, 2.05) is 24.3 Å².